The molecule has 4 nitrogen and oxygen atoms in total. The maximum Gasteiger partial charge on any atom is 0.327 e. The average molecular weight is 293 g/mol. The highest BCUT2D eigenvalue weighted by Gasteiger charge is 2.34. The lowest BCUT2D eigenvalue weighted by atomic mass is 9.99. The fourth-order valence-electron chi connectivity index (χ4n) is 2.16. The van der Waals surface area contributed by atoms with Crippen LogP contribution >= 0.6 is 0 Å². The lowest BCUT2D eigenvalue weighted by molar-refractivity contribution is -0.145. The van der Waals surface area contributed by atoms with Crippen molar-refractivity contribution in [2.45, 2.75) is 58.5 Å². The summed E-state index contributed by atoms with van der Waals surface area (Å²) in [6, 6.07) is 7.95. The molecule has 21 heavy (non-hydrogen) atoms. The van der Waals surface area contributed by atoms with E-state index in [9.17, 15) is 9.90 Å². The van der Waals surface area contributed by atoms with Crippen LogP contribution in [0.25, 0.3) is 0 Å². The van der Waals surface area contributed by atoms with Crippen LogP contribution in [-0.4, -0.2) is 29.3 Å². The molecule has 118 valence electrons. The highest BCUT2D eigenvalue weighted by Crippen LogP contribution is 2.22. The fraction of sp³-hybridized carbons (Fsp3) is 0.588. The van der Waals surface area contributed by atoms with Crippen molar-refractivity contribution in [3.05, 3.63) is 29.8 Å². The van der Waals surface area contributed by atoms with E-state index in [1.807, 2.05) is 38.1 Å². The van der Waals surface area contributed by atoms with E-state index in [1.54, 1.807) is 6.92 Å². The first-order valence-corrected chi connectivity index (χ1v) is 7.52. The Balaban J connectivity index is 2.70. The molecule has 1 rings (SSSR count). The van der Waals surface area contributed by atoms with Gasteiger partial charge < -0.3 is 9.84 Å². The van der Waals surface area contributed by atoms with Crippen molar-refractivity contribution in [3.63, 3.8) is 0 Å². The molecule has 2 atom stereocenters. The summed E-state index contributed by atoms with van der Waals surface area (Å²) in [7, 11) is 0. The van der Waals surface area contributed by atoms with Crippen LogP contribution in [0, 0.1) is 0 Å². The fourth-order valence-corrected chi connectivity index (χ4v) is 2.16. The van der Waals surface area contributed by atoms with E-state index < -0.39 is 11.5 Å². The quantitative estimate of drug-likeness (QED) is 0.771. The monoisotopic (exact) mass is 293 g/mol. The Hall–Kier alpha value is -1.55. The van der Waals surface area contributed by atoms with Gasteiger partial charge in [0.2, 0.25) is 0 Å². The van der Waals surface area contributed by atoms with E-state index in [0.717, 1.165) is 6.42 Å². The number of carboxylic acid groups (broad SMARTS) is 1. The van der Waals surface area contributed by atoms with Gasteiger partial charge in [0.1, 0.15) is 17.9 Å². The molecule has 0 radical (unpaired) electrons. The van der Waals surface area contributed by atoms with Crippen molar-refractivity contribution < 1.29 is 14.6 Å². The summed E-state index contributed by atoms with van der Waals surface area (Å²) < 4.78 is 5.66. The zero-order valence-electron chi connectivity index (χ0n) is 13.6. The first-order chi connectivity index (χ1) is 9.78. The molecule has 0 amide bonds. The lowest BCUT2D eigenvalue weighted by Gasteiger charge is -2.28. The highest BCUT2D eigenvalue weighted by atomic mass is 16.5. The number of rotatable bonds is 8. The largest absolute Gasteiger partial charge is 0.491 e. The van der Waals surface area contributed by atoms with Crippen molar-refractivity contribution in [1.82, 2.24) is 5.32 Å². The Morgan fingerprint density at radius 3 is 2.29 bits per heavy atom. The molecular weight excluding hydrogens is 266 g/mol. The van der Waals surface area contributed by atoms with Crippen molar-refractivity contribution in [2.75, 3.05) is 6.61 Å². The van der Waals surface area contributed by atoms with Crippen LogP contribution in [0.1, 0.15) is 52.5 Å². The third kappa shape index (κ3) is 5.05. The van der Waals surface area contributed by atoms with Gasteiger partial charge in [0, 0.05) is 6.04 Å². The topological polar surface area (TPSA) is 58.6 Å². The third-order valence-corrected chi connectivity index (χ3v) is 3.67. The standard InChI is InChI=1S/C17H27NO3/c1-6-13(4)14-7-9-15(10-8-14)21-11-17(5,16(19)20)18-12(2)3/h7-10,12-13,18H,6,11H2,1-5H3,(H,19,20). The van der Waals surface area contributed by atoms with E-state index >= 15 is 0 Å². The number of benzene rings is 1. The Kier molecular flexibility index (Phi) is 6.21. The number of hydrogen-bond acceptors (Lipinski definition) is 3. The first kappa shape index (κ1) is 17.5. The Labute approximate surface area is 127 Å². The molecule has 0 aliphatic heterocycles. The Morgan fingerprint density at radius 1 is 1.29 bits per heavy atom. The van der Waals surface area contributed by atoms with Crippen molar-refractivity contribution in [1.29, 1.82) is 0 Å². The first-order valence-electron chi connectivity index (χ1n) is 7.52. The number of ether oxygens (including phenoxy) is 1. The van der Waals surface area contributed by atoms with Crippen LogP contribution in [0.3, 0.4) is 0 Å². The number of hydrogen-bond donors (Lipinski definition) is 2. The molecule has 0 fully saturated rings. The highest BCUT2D eigenvalue weighted by molar-refractivity contribution is 5.78. The predicted molar refractivity (Wildman–Crippen MR) is 85.0 cm³/mol. The number of nitrogens with one attached hydrogen (secondary N) is 1. The Bertz CT molecular complexity index is 456. The molecule has 0 heterocycles. The van der Waals surface area contributed by atoms with Crippen molar-refractivity contribution >= 4 is 5.97 Å². The summed E-state index contributed by atoms with van der Waals surface area (Å²) >= 11 is 0. The smallest absolute Gasteiger partial charge is 0.327 e. The SMILES string of the molecule is CCC(C)c1ccc(OCC(C)(NC(C)C)C(=O)O)cc1. The van der Waals surface area contributed by atoms with Crippen LogP contribution in [0.15, 0.2) is 24.3 Å². The van der Waals surface area contributed by atoms with Crippen LogP contribution in [0.4, 0.5) is 0 Å². The molecule has 1 aromatic rings. The van der Waals surface area contributed by atoms with Crippen LogP contribution in [0.2, 0.25) is 0 Å². The van der Waals surface area contributed by atoms with Gasteiger partial charge in [-0.25, -0.2) is 0 Å². The molecule has 2 unspecified atom stereocenters. The predicted octanol–water partition coefficient (Wildman–Crippen LogP) is 3.42. The molecule has 0 aromatic heterocycles. The zero-order chi connectivity index (χ0) is 16.0. The molecule has 4 heteroatoms. The van der Waals surface area contributed by atoms with Gasteiger partial charge in [-0.2, -0.15) is 0 Å². The summed E-state index contributed by atoms with van der Waals surface area (Å²) in [5.74, 6) is 0.304. The molecule has 0 saturated carbocycles. The van der Waals surface area contributed by atoms with Gasteiger partial charge in [0.05, 0.1) is 0 Å². The van der Waals surface area contributed by atoms with Gasteiger partial charge >= 0.3 is 5.97 Å². The van der Waals surface area contributed by atoms with E-state index in [1.165, 1.54) is 5.56 Å². The molecule has 1 aromatic carbocycles. The summed E-state index contributed by atoms with van der Waals surface area (Å²) in [5, 5.41) is 12.4. The van der Waals surface area contributed by atoms with Gasteiger partial charge in [-0.3, -0.25) is 10.1 Å². The molecule has 0 aliphatic carbocycles. The van der Waals surface area contributed by atoms with E-state index in [-0.39, 0.29) is 12.6 Å². The molecule has 2 N–H and O–H groups in total. The van der Waals surface area contributed by atoms with Gasteiger partial charge in [0.15, 0.2) is 0 Å². The maximum absolute atomic E-state index is 11.4. The Morgan fingerprint density at radius 2 is 1.86 bits per heavy atom. The maximum atomic E-state index is 11.4. The molecule has 0 aliphatic rings. The summed E-state index contributed by atoms with van der Waals surface area (Å²) in [5.41, 5.74) is 0.176. The molecular formula is C17H27NO3. The van der Waals surface area contributed by atoms with Crippen molar-refractivity contribution in [2.24, 2.45) is 0 Å². The minimum Gasteiger partial charge on any atom is -0.491 e. The average Bonchev–Trinajstić information content (AvgIpc) is 2.44. The van der Waals surface area contributed by atoms with E-state index in [4.69, 9.17) is 4.74 Å². The summed E-state index contributed by atoms with van der Waals surface area (Å²) in [6.07, 6.45) is 1.09. The van der Waals surface area contributed by atoms with Crippen LogP contribution in [0.5, 0.6) is 5.75 Å². The van der Waals surface area contributed by atoms with Gasteiger partial charge in [0.25, 0.3) is 0 Å². The lowest BCUT2D eigenvalue weighted by Crippen LogP contribution is -2.56. The number of carboxylic acids is 1. The molecule has 0 saturated heterocycles. The number of carbonyl (C=O) groups is 1. The third-order valence-electron chi connectivity index (χ3n) is 3.67. The second kappa shape index (κ2) is 7.46. The van der Waals surface area contributed by atoms with Gasteiger partial charge in [-0.15, -0.1) is 0 Å². The van der Waals surface area contributed by atoms with E-state index in [2.05, 4.69) is 19.2 Å². The van der Waals surface area contributed by atoms with Crippen LogP contribution in [-0.2, 0) is 4.79 Å². The number of aliphatic carboxylic acids is 1. The second-order valence-corrected chi connectivity index (χ2v) is 6.10. The van der Waals surface area contributed by atoms with Crippen LogP contribution < -0.4 is 10.1 Å². The molecule has 0 spiro atoms. The van der Waals surface area contributed by atoms with Gasteiger partial charge in [-0.1, -0.05) is 26.0 Å². The van der Waals surface area contributed by atoms with E-state index in [0.29, 0.717) is 11.7 Å². The minimum absolute atomic E-state index is 0.0717. The summed E-state index contributed by atoms with van der Waals surface area (Å²) in [4.78, 5) is 11.4. The van der Waals surface area contributed by atoms with Gasteiger partial charge in [-0.05, 0) is 50.8 Å². The summed E-state index contributed by atoms with van der Waals surface area (Å²) in [6.45, 7) is 9.91. The minimum atomic E-state index is -1.09. The normalized spacial score (nSPS) is 15.5. The molecule has 0 bridgehead atoms. The van der Waals surface area contributed by atoms with Crippen molar-refractivity contribution in [3.8, 4) is 5.75 Å². The zero-order valence-corrected chi connectivity index (χ0v) is 13.6. The second-order valence-electron chi connectivity index (χ2n) is 6.10.